The number of rotatable bonds is 6. The average molecular weight is 308 g/mol. The van der Waals surface area contributed by atoms with Gasteiger partial charge < -0.3 is 10.1 Å². The lowest BCUT2D eigenvalue weighted by atomic mass is 9.60. The monoisotopic (exact) mass is 307 g/mol. The largest absolute Gasteiger partial charge is 0.378 e. The summed E-state index contributed by atoms with van der Waals surface area (Å²) in [5.41, 5.74) is 0.431. The van der Waals surface area contributed by atoms with E-state index in [1.54, 1.807) is 0 Å². The first-order chi connectivity index (χ1) is 10.2. The Hall–Kier alpha value is -0.380. The van der Waals surface area contributed by atoms with Crippen LogP contribution in [0.5, 0.6) is 0 Å². The van der Waals surface area contributed by atoms with E-state index >= 15 is 0 Å². The molecule has 1 aromatic rings. The standard InChI is InChI=1S/C18H29NOS/c1-4-20-16-12-15(18(16)9-5-6-10-18)19-17(13(2)3)14-8-7-11-21-14/h7-8,11,13,15-17,19H,4-6,9-10,12H2,1-3H3. The number of hydrogen-bond acceptors (Lipinski definition) is 3. The highest BCUT2D eigenvalue weighted by Crippen LogP contribution is 2.55. The molecule has 21 heavy (non-hydrogen) atoms. The molecule has 3 rings (SSSR count). The van der Waals surface area contributed by atoms with Crippen molar-refractivity contribution in [3.05, 3.63) is 22.4 Å². The first-order valence-electron chi connectivity index (χ1n) is 8.58. The van der Waals surface area contributed by atoms with Crippen LogP contribution in [0, 0.1) is 11.3 Å². The van der Waals surface area contributed by atoms with Crippen molar-refractivity contribution in [3.8, 4) is 0 Å². The molecule has 2 aliphatic carbocycles. The molecule has 1 heterocycles. The van der Waals surface area contributed by atoms with E-state index < -0.39 is 0 Å². The van der Waals surface area contributed by atoms with Crippen LogP contribution in [0.3, 0.4) is 0 Å². The van der Waals surface area contributed by atoms with Gasteiger partial charge in [0.25, 0.3) is 0 Å². The van der Waals surface area contributed by atoms with E-state index in [9.17, 15) is 0 Å². The molecule has 0 bridgehead atoms. The molecule has 3 heteroatoms. The molecular weight excluding hydrogens is 278 g/mol. The molecule has 2 aliphatic rings. The molecule has 2 saturated carbocycles. The van der Waals surface area contributed by atoms with Gasteiger partial charge in [-0.05, 0) is 43.6 Å². The normalized spacial score (nSPS) is 29.0. The summed E-state index contributed by atoms with van der Waals surface area (Å²) in [5.74, 6) is 0.633. The second kappa shape index (κ2) is 6.39. The Balaban J connectivity index is 1.72. The quantitative estimate of drug-likeness (QED) is 0.817. The predicted molar refractivity (Wildman–Crippen MR) is 89.8 cm³/mol. The lowest BCUT2D eigenvalue weighted by Crippen LogP contribution is -2.63. The Morgan fingerprint density at radius 1 is 1.38 bits per heavy atom. The average Bonchev–Trinajstić information content (AvgIpc) is 3.12. The van der Waals surface area contributed by atoms with Crippen LogP contribution in [0.1, 0.15) is 63.8 Å². The highest BCUT2D eigenvalue weighted by molar-refractivity contribution is 7.10. The molecular formula is C18H29NOS. The van der Waals surface area contributed by atoms with Crippen LogP contribution in [0.25, 0.3) is 0 Å². The molecule has 3 unspecified atom stereocenters. The zero-order valence-electron chi connectivity index (χ0n) is 13.6. The fourth-order valence-electron chi connectivity index (χ4n) is 4.41. The van der Waals surface area contributed by atoms with E-state index in [1.807, 2.05) is 11.3 Å². The van der Waals surface area contributed by atoms with E-state index in [0.29, 0.717) is 29.5 Å². The maximum atomic E-state index is 6.04. The lowest BCUT2D eigenvalue weighted by Gasteiger charge is -2.55. The van der Waals surface area contributed by atoms with Crippen LogP contribution < -0.4 is 5.32 Å². The van der Waals surface area contributed by atoms with Gasteiger partial charge in [0.15, 0.2) is 0 Å². The van der Waals surface area contributed by atoms with Gasteiger partial charge in [0.2, 0.25) is 0 Å². The lowest BCUT2D eigenvalue weighted by molar-refractivity contribution is -0.133. The summed E-state index contributed by atoms with van der Waals surface area (Å²) in [4.78, 5) is 1.48. The molecule has 1 aromatic heterocycles. The van der Waals surface area contributed by atoms with Crippen LogP contribution in [0.4, 0.5) is 0 Å². The van der Waals surface area contributed by atoms with Gasteiger partial charge in [-0.15, -0.1) is 11.3 Å². The third-order valence-electron chi connectivity index (χ3n) is 5.58. The molecule has 0 aromatic carbocycles. The fourth-order valence-corrected chi connectivity index (χ4v) is 5.37. The smallest absolute Gasteiger partial charge is 0.0661 e. The van der Waals surface area contributed by atoms with Crippen molar-refractivity contribution in [1.29, 1.82) is 0 Å². The van der Waals surface area contributed by atoms with Crippen LogP contribution in [0.15, 0.2) is 17.5 Å². The van der Waals surface area contributed by atoms with Crippen molar-refractivity contribution in [3.63, 3.8) is 0 Å². The minimum absolute atomic E-state index is 0.431. The molecule has 2 nitrogen and oxygen atoms in total. The van der Waals surface area contributed by atoms with Gasteiger partial charge in [-0.25, -0.2) is 0 Å². The SMILES string of the molecule is CCOC1CC(NC(c2cccs2)C(C)C)C12CCCC2. The highest BCUT2D eigenvalue weighted by Gasteiger charge is 2.57. The zero-order chi connectivity index (χ0) is 14.9. The molecule has 0 aliphatic heterocycles. The molecule has 118 valence electrons. The van der Waals surface area contributed by atoms with Crippen LogP contribution in [-0.2, 0) is 4.74 Å². The third kappa shape index (κ3) is 2.80. The summed E-state index contributed by atoms with van der Waals surface area (Å²) in [6.45, 7) is 7.65. The van der Waals surface area contributed by atoms with Gasteiger partial charge in [0, 0.05) is 29.0 Å². The Morgan fingerprint density at radius 2 is 2.14 bits per heavy atom. The summed E-state index contributed by atoms with van der Waals surface area (Å²) >= 11 is 1.88. The van der Waals surface area contributed by atoms with E-state index in [4.69, 9.17) is 4.74 Å². The first kappa shape index (κ1) is 15.5. The second-order valence-electron chi connectivity index (χ2n) is 7.08. The first-order valence-corrected chi connectivity index (χ1v) is 9.46. The third-order valence-corrected chi connectivity index (χ3v) is 6.54. The summed E-state index contributed by atoms with van der Waals surface area (Å²) < 4.78 is 6.04. The number of ether oxygens (including phenoxy) is 1. The van der Waals surface area contributed by atoms with Crippen LogP contribution in [-0.4, -0.2) is 18.8 Å². The highest BCUT2D eigenvalue weighted by atomic mass is 32.1. The maximum Gasteiger partial charge on any atom is 0.0661 e. The van der Waals surface area contributed by atoms with Crippen LogP contribution >= 0.6 is 11.3 Å². The van der Waals surface area contributed by atoms with Crippen molar-refractivity contribution in [2.24, 2.45) is 11.3 Å². The van der Waals surface area contributed by atoms with Gasteiger partial charge >= 0.3 is 0 Å². The van der Waals surface area contributed by atoms with Gasteiger partial charge in [0.05, 0.1) is 6.10 Å². The molecule has 0 radical (unpaired) electrons. The van der Waals surface area contributed by atoms with E-state index in [0.717, 1.165) is 6.61 Å². The summed E-state index contributed by atoms with van der Waals surface area (Å²) in [6.07, 6.45) is 7.16. The van der Waals surface area contributed by atoms with Crippen molar-refractivity contribution in [2.45, 2.75) is 71.1 Å². The molecule has 2 fully saturated rings. The minimum atomic E-state index is 0.431. The van der Waals surface area contributed by atoms with E-state index in [2.05, 4.69) is 43.6 Å². The summed E-state index contributed by atoms with van der Waals surface area (Å²) in [7, 11) is 0. The molecule has 0 saturated heterocycles. The topological polar surface area (TPSA) is 21.3 Å². The molecule has 3 atom stereocenters. The number of thiophene rings is 1. The summed E-state index contributed by atoms with van der Waals surface area (Å²) in [6, 6.07) is 5.59. The van der Waals surface area contributed by atoms with Gasteiger partial charge in [0.1, 0.15) is 0 Å². The van der Waals surface area contributed by atoms with Crippen molar-refractivity contribution in [1.82, 2.24) is 5.32 Å². The van der Waals surface area contributed by atoms with Crippen LogP contribution in [0.2, 0.25) is 0 Å². The second-order valence-corrected chi connectivity index (χ2v) is 8.06. The Kier molecular flexibility index (Phi) is 4.72. The van der Waals surface area contributed by atoms with Crippen molar-refractivity contribution >= 4 is 11.3 Å². The van der Waals surface area contributed by atoms with Gasteiger partial charge in [-0.2, -0.15) is 0 Å². The number of hydrogen-bond donors (Lipinski definition) is 1. The van der Waals surface area contributed by atoms with Crippen molar-refractivity contribution < 1.29 is 4.74 Å². The minimum Gasteiger partial charge on any atom is -0.378 e. The Morgan fingerprint density at radius 3 is 2.71 bits per heavy atom. The zero-order valence-corrected chi connectivity index (χ0v) is 14.4. The van der Waals surface area contributed by atoms with Crippen molar-refractivity contribution in [2.75, 3.05) is 6.61 Å². The Labute approximate surface area is 133 Å². The predicted octanol–water partition coefficient (Wildman–Crippen LogP) is 4.77. The molecule has 1 spiro atoms. The summed E-state index contributed by atoms with van der Waals surface area (Å²) in [5, 5.41) is 6.20. The van der Waals surface area contributed by atoms with Gasteiger partial charge in [-0.1, -0.05) is 32.8 Å². The fraction of sp³-hybridized carbons (Fsp3) is 0.778. The van der Waals surface area contributed by atoms with Gasteiger partial charge in [-0.3, -0.25) is 0 Å². The Bertz CT molecular complexity index is 436. The number of nitrogens with one attached hydrogen (secondary N) is 1. The van der Waals surface area contributed by atoms with E-state index in [1.165, 1.54) is 37.0 Å². The molecule has 0 amide bonds. The van der Waals surface area contributed by atoms with E-state index in [-0.39, 0.29) is 0 Å². The molecule has 1 N–H and O–H groups in total. The maximum absolute atomic E-state index is 6.04.